The van der Waals surface area contributed by atoms with Gasteiger partial charge in [0.25, 0.3) is 0 Å². The van der Waals surface area contributed by atoms with Crippen LogP contribution in [-0.4, -0.2) is 35.8 Å². The number of hydrogen-bond acceptors (Lipinski definition) is 5. The fourth-order valence-corrected chi connectivity index (χ4v) is 2.66. The number of nitrogens with zero attached hydrogens (tertiary/aromatic N) is 3. The van der Waals surface area contributed by atoms with Gasteiger partial charge in [-0.1, -0.05) is 11.6 Å². The normalized spacial score (nSPS) is 18.3. The summed E-state index contributed by atoms with van der Waals surface area (Å²) in [7, 11) is 0. The average Bonchev–Trinajstić information content (AvgIpc) is 2.54. The van der Waals surface area contributed by atoms with E-state index in [4.69, 9.17) is 16.3 Å². The third kappa shape index (κ3) is 3.67. The van der Waals surface area contributed by atoms with Gasteiger partial charge in [0.05, 0.1) is 17.7 Å². The molecule has 0 saturated carbocycles. The summed E-state index contributed by atoms with van der Waals surface area (Å²) in [5, 5.41) is 3.88. The summed E-state index contributed by atoms with van der Waals surface area (Å²) < 4.78 is 5.57. The minimum Gasteiger partial charge on any atom is -0.375 e. The van der Waals surface area contributed by atoms with Crippen LogP contribution < -0.4 is 10.2 Å². The molecule has 1 aliphatic heterocycles. The molecule has 0 radical (unpaired) electrons. The average molecular weight is 319 g/mol. The van der Waals surface area contributed by atoms with Gasteiger partial charge in [-0.2, -0.15) is 0 Å². The maximum atomic E-state index is 6.10. The first-order valence-electron chi connectivity index (χ1n) is 7.38. The van der Waals surface area contributed by atoms with Crippen molar-refractivity contribution in [1.82, 2.24) is 9.97 Å². The Morgan fingerprint density at radius 1 is 1.36 bits per heavy atom. The van der Waals surface area contributed by atoms with E-state index < -0.39 is 0 Å². The number of nitrogens with one attached hydrogen (secondary N) is 1. The number of hydrogen-bond donors (Lipinski definition) is 1. The third-order valence-electron chi connectivity index (χ3n) is 3.59. The highest BCUT2D eigenvalue weighted by molar-refractivity contribution is 6.32. The zero-order chi connectivity index (χ0) is 15.4. The molecule has 0 aromatic carbocycles. The van der Waals surface area contributed by atoms with E-state index >= 15 is 0 Å². The molecule has 0 amide bonds. The van der Waals surface area contributed by atoms with Gasteiger partial charge in [0, 0.05) is 32.0 Å². The van der Waals surface area contributed by atoms with Crippen LogP contribution in [0, 0.1) is 0 Å². The highest BCUT2D eigenvalue weighted by Gasteiger charge is 2.17. The Hall–Kier alpha value is -1.85. The molecule has 0 bridgehead atoms. The van der Waals surface area contributed by atoms with E-state index in [1.165, 1.54) is 0 Å². The van der Waals surface area contributed by atoms with Gasteiger partial charge < -0.3 is 15.0 Å². The summed E-state index contributed by atoms with van der Waals surface area (Å²) in [5.74, 6) is 1.68. The number of rotatable bonds is 4. The third-order valence-corrected chi connectivity index (χ3v) is 3.90. The Labute approximate surface area is 135 Å². The van der Waals surface area contributed by atoms with Gasteiger partial charge in [-0.15, -0.1) is 0 Å². The molecule has 0 aliphatic carbocycles. The molecule has 3 heterocycles. The standard InChI is InChI=1S/C16H19ClN4O/c1-12-11-21(7-8-22-12)15-9-13(4-6-18-15)10-20-16-14(17)3-2-5-19-16/h2-6,9,12H,7-8,10-11H2,1H3,(H,19,20). The molecule has 116 valence electrons. The van der Waals surface area contributed by atoms with Gasteiger partial charge in [-0.3, -0.25) is 0 Å². The summed E-state index contributed by atoms with van der Waals surface area (Å²) in [4.78, 5) is 11.0. The first-order chi connectivity index (χ1) is 10.7. The molecule has 2 aromatic rings. The van der Waals surface area contributed by atoms with Gasteiger partial charge in [0.2, 0.25) is 0 Å². The van der Waals surface area contributed by atoms with Crippen molar-refractivity contribution in [3.8, 4) is 0 Å². The van der Waals surface area contributed by atoms with Crippen LogP contribution in [0.3, 0.4) is 0 Å². The monoisotopic (exact) mass is 318 g/mol. The molecule has 1 unspecified atom stereocenters. The van der Waals surface area contributed by atoms with Crippen LogP contribution in [0.15, 0.2) is 36.7 Å². The Morgan fingerprint density at radius 2 is 2.27 bits per heavy atom. The number of halogens is 1. The van der Waals surface area contributed by atoms with Crippen LogP contribution in [0.25, 0.3) is 0 Å². The van der Waals surface area contributed by atoms with Crippen LogP contribution in [0.4, 0.5) is 11.6 Å². The first kappa shape index (κ1) is 15.1. The predicted octanol–water partition coefficient (Wildman–Crippen LogP) is 2.97. The molecular weight excluding hydrogens is 300 g/mol. The molecule has 0 spiro atoms. The summed E-state index contributed by atoms with van der Waals surface area (Å²) >= 11 is 6.10. The zero-order valence-electron chi connectivity index (χ0n) is 12.5. The molecule has 6 heteroatoms. The molecule has 1 N–H and O–H groups in total. The van der Waals surface area contributed by atoms with Crippen molar-refractivity contribution >= 4 is 23.2 Å². The van der Waals surface area contributed by atoms with Crippen LogP contribution in [0.5, 0.6) is 0 Å². The van der Waals surface area contributed by atoms with E-state index in [9.17, 15) is 0 Å². The maximum Gasteiger partial charge on any atom is 0.145 e. The van der Waals surface area contributed by atoms with E-state index in [2.05, 4.69) is 33.2 Å². The SMILES string of the molecule is CC1CN(c2cc(CNc3ncccc3Cl)ccn2)CCO1. The fraction of sp³-hybridized carbons (Fsp3) is 0.375. The van der Waals surface area contributed by atoms with Gasteiger partial charge in [-0.05, 0) is 36.8 Å². The Balaban J connectivity index is 1.67. The molecule has 3 rings (SSSR count). The molecule has 5 nitrogen and oxygen atoms in total. The van der Waals surface area contributed by atoms with Crippen LogP contribution >= 0.6 is 11.6 Å². The van der Waals surface area contributed by atoms with E-state index in [1.54, 1.807) is 6.20 Å². The van der Waals surface area contributed by atoms with Crippen molar-refractivity contribution in [1.29, 1.82) is 0 Å². The smallest absolute Gasteiger partial charge is 0.145 e. The highest BCUT2D eigenvalue weighted by Crippen LogP contribution is 2.20. The lowest BCUT2D eigenvalue weighted by molar-refractivity contribution is 0.0529. The van der Waals surface area contributed by atoms with Crippen molar-refractivity contribution in [2.45, 2.75) is 19.6 Å². The van der Waals surface area contributed by atoms with Crippen molar-refractivity contribution in [2.75, 3.05) is 29.9 Å². The van der Waals surface area contributed by atoms with Gasteiger partial charge in [-0.25, -0.2) is 9.97 Å². The molecule has 22 heavy (non-hydrogen) atoms. The number of ether oxygens (including phenoxy) is 1. The van der Waals surface area contributed by atoms with E-state index in [-0.39, 0.29) is 6.10 Å². The van der Waals surface area contributed by atoms with Gasteiger partial charge >= 0.3 is 0 Å². The lowest BCUT2D eigenvalue weighted by atomic mass is 10.2. The van der Waals surface area contributed by atoms with Gasteiger partial charge in [0.1, 0.15) is 11.6 Å². The highest BCUT2D eigenvalue weighted by atomic mass is 35.5. The number of aromatic nitrogens is 2. The van der Waals surface area contributed by atoms with Gasteiger partial charge in [0.15, 0.2) is 0 Å². The van der Waals surface area contributed by atoms with E-state index in [0.717, 1.165) is 31.1 Å². The summed E-state index contributed by atoms with van der Waals surface area (Å²) in [6.07, 6.45) is 3.80. The second kappa shape index (κ2) is 6.94. The molecule has 1 fully saturated rings. The first-order valence-corrected chi connectivity index (χ1v) is 7.76. The minimum absolute atomic E-state index is 0.240. The van der Waals surface area contributed by atoms with Crippen LogP contribution in [-0.2, 0) is 11.3 Å². The largest absolute Gasteiger partial charge is 0.375 e. The number of pyridine rings is 2. The topological polar surface area (TPSA) is 50.3 Å². The summed E-state index contributed by atoms with van der Waals surface area (Å²) in [6, 6.07) is 7.74. The molecule has 1 aliphatic rings. The lowest BCUT2D eigenvalue weighted by Crippen LogP contribution is -2.41. The molecule has 2 aromatic heterocycles. The Bertz CT molecular complexity index is 637. The van der Waals surface area contributed by atoms with E-state index in [0.29, 0.717) is 17.4 Å². The van der Waals surface area contributed by atoms with Crippen molar-refractivity contribution in [3.05, 3.63) is 47.2 Å². The Kier molecular flexibility index (Phi) is 4.75. The molecular formula is C16H19ClN4O. The second-order valence-electron chi connectivity index (χ2n) is 5.34. The lowest BCUT2D eigenvalue weighted by Gasteiger charge is -2.32. The predicted molar refractivity (Wildman–Crippen MR) is 88.4 cm³/mol. The zero-order valence-corrected chi connectivity index (χ0v) is 13.3. The number of morpholine rings is 1. The molecule has 1 saturated heterocycles. The maximum absolute atomic E-state index is 6.10. The van der Waals surface area contributed by atoms with Crippen LogP contribution in [0.1, 0.15) is 12.5 Å². The van der Waals surface area contributed by atoms with Crippen LogP contribution in [0.2, 0.25) is 5.02 Å². The van der Waals surface area contributed by atoms with Crippen molar-refractivity contribution in [2.24, 2.45) is 0 Å². The minimum atomic E-state index is 0.240. The number of anilines is 2. The van der Waals surface area contributed by atoms with E-state index in [1.807, 2.05) is 24.4 Å². The summed E-state index contributed by atoms with van der Waals surface area (Å²) in [6.45, 7) is 5.23. The van der Waals surface area contributed by atoms with Crippen molar-refractivity contribution < 1.29 is 4.74 Å². The fourth-order valence-electron chi connectivity index (χ4n) is 2.47. The van der Waals surface area contributed by atoms with Crippen molar-refractivity contribution in [3.63, 3.8) is 0 Å². The quantitative estimate of drug-likeness (QED) is 0.939. The second-order valence-corrected chi connectivity index (χ2v) is 5.74. The molecule has 1 atom stereocenters. The summed E-state index contributed by atoms with van der Waals surface area (Å²) in [5.41, 5.74) is 1.14. The Morgan fingerprint density at radius 3 is 3.09 bits per heavy atom.